The van der Waals surface area contributed by atoms with E-state index in [1.54, 1.807) is 33.7 Å². The van der Waals surface area contributed by atoms with Crippen molar-refractivity contribution in [2.75, 3.05) is 31.1 Å². The second-order valence-electron chi connectivity index (χ2n) is 7.16. The van der Waals surface area contributed by atoms with Crippen LogP contribution in [0.1, 0.15) is 0 Å². The Morgan fingerprint density at radius 2 is 1.90 bits per heavy atom. The minimum atomic E-state index is -0.385. The van der Waals surface area contributed by atoms with Gasteiger partial charge in [-0.3, -0.25) is 4.79 Å². The molecule has 1 aliphatic heterocycles. The highest BCUT2D eigenvalue weighted by atomic mass is 19.1. The molecule has 0 spiro atoms. The van der Waals surface area contributed by atoms with Crippen LogP contribution in [-0.4, -0.2) is 56.8 Å². The predicted octanol–water partition coefficient (Wildman–Crippen LogP) is 2.92. The SMILES string of the molecule is C=CCN1CCN(c2nc3c(-c4ccccc4F)nnn3c3ccccc23)CC1=O. The number of anilines is 1. The first-order chi connectivity index (χ1) is 14.7. The summed E-state index contributed by atoms with van der Waals surface area (Å²) in [5.41, 5.74) is 1.97. The number of fused-ring (bicyclic) bond motifs is 3. The average Bonchev–Trinajstić information content (AvgIpc) is 3.19. The Bertz CT molecular complexity index is 1280. The van der Waals surface area contributed by atoms with Crippen LogP contribution in [0, 0.1) is 5.82 Å². The smallest absolute Gasteiger partial charge is 0.242 e. The van der Waals surface area contributed by atoms with Gasteiger partial charge in [0.2, 0.25) is 5.91 Å². The fourth-order valence-corrected chi connectivity index (χ4v) is 3.85. The van der Waals surface area contributed by atoms with Crippen molar-refractivity contribution in [3.8, 4) is 11.3 Å². The normalized spacial score (nSPS) is 14.6. The van der Waals surface area contributed by atoms with Crippen molar-refractivity contribution in [3.05, 3.63) is 67.0 Å². The van der Waals surface area contributed by atoms with Gasteiger partial charge in [0.25, 0.3) is 0 Å². The van der Waals surface area contributed by atoms with E-state index in [0.29, 0.717) is 42.4 Å². The Morgan fingerprint density at radius 1 is 1.10 bits per heavy atom. The third kappa shape index (κ3) is 2.88. The maximum absolute atomic E-state index is 14.4. The molecule has 7 nitrogen and oxygen atoms in total. The fraction of sp³-hybridized carbons (Fsp3) is 0.182. The Morgan fingerprint density at radius 3 is 2.70 bits per heavy atom. The van der Waals surface area contributed by atoms with Crippen LogP contribution in [-0.2, 0) is 4.79 Å². The van der Waals surface area contributed by atoms with Gasteiger partial charge in [-0.25, -0.2) is 9.37 Å². The van der Waals surface area contributed by atoms with Crippen LogP contribution in [0.3, 0.4) is 0 Å². The lowest BCUT2D eigenvalue weighted by Crippen LogP contribution is -2.50. The molecule has 5 rings (SSSR count). The van der Waals surface area contributed by atoms with Crippen LogP contribution in [0.15, 0.2) is 61.2 Å². The van der Waals surface area contributed by atoms with Gasteiger partial charge >= 0.3 is 0 Å². The van der Waals surface area contributed by atoms with Crippen LogP contribution in [0.4, 0.5) is 10.2 Å². The summed E-state index contributed by atoms with van der Waals surface area (Å²) in [7, 11) is 0. The fourth-order valence-electron chi connectivity index (χ4n) is 3.85. The van der Waals surface area contributed by atoms with E-state index in [0.717, 1.165) is 10.9 Å². The number of rotatable bonds is 4. The number of para-hydroxylation sites is 1. The molecule has 0 atom stereocenters. The number of piperazine rings is 1. The largest absolute Gasteiger partial charge is 0.345 e. The van der Waals surface area contributed by atoms with Gasteiger partial charge in [-0.2, -0.15) is 4.52 Å². The number of carbonyl (C=O) groups is 1. The minimum absolute atomic E-state index is 0.0212. The van der Waals surface area contributed by atoms with Gasteiger partial charge in [-0.05, 0) is 24.3 Å². The number of nitrogens with zero attached hydrogens (tertiary/aromatic N) is 6. The number of aromatic nitrogens is 4. The number of hydrogen-bond acceptors (Lipinski definition) is 5. The van der Waals surface area contributed by atoms with E-state index in [4.69, 9.17) is 4.98 Å². The zero-order valence-corrected chi connectivity index (χ0v) is 16.2. The zero-order valence-electron chi connectivity index (χ0n) is 16.2. The van der Waals surface area contributed by atoms with Crippen LogP contribution in [0.2, 0.25) is 0 Å². The lowest BCUT2D eigenvalue weighted by molar-refractivity contribution is -0.130. The third-order valence-electron chi connectivity index (χ3n) is 5.33. The van der Waals surface area contributed by atoms with Gasteiger partial charge in [0.05, 0.1) is 12.1 Å². The highest BCUT2D eigenvalue weighted by molar-refractivity contribution is 5.95. The molecule has 0 radical (unpaired) electrons. The van der Waals surface area contributed by atoms with E-state index in [1.807, 2.05) is 29.2 Å². The summed E-state index contributed by atoms with van der Waals surface area (Å²) >= 11 is 0. The van der Waals surface area contributed by atoms with Crippen molar-refractivity contribution in [2.24, 2.45) is 0 Å². The highest BCUT2D eigenvalue weighted by Gasteiger charge is 2.27. The van der Waals surface area contributed by atoms with E-state index in [2.05, 4.69) is 16.9 Å². The molecule has 4 aromatic rings. The summed E-state index contributed by atoms with van der Waals surface area (Å²) in [4.78, 5) is 21.1. The number of carbonyl (C=O) groups excluding carboxylic acids is 1. The van der Waals surface area contributed by atoms with Crippen molar-refractivity contribution in [1.82, 2.24) is 24.7 Å². The highest BCUT2D eigenvalue weighted by Crippen LogP contribution is 2.31. The molecule has 0 bridgehead atoms. The van der Waals surface area contributed by atoms with Crippen LogP contribution >= 0.6 is 0 Å². The van der Waals surface area contributed by atoms with Crippen LogP contribution < -0.4 is 4.90 Å². The maximum Gasteiger partial charge on any atom is 0.242 e. The summed E-state index contributed by atoms with van der Waals surface area (Å²) in [6.07, 6.45) is 1.73. The van der Waals surface area contributed by atoms with Crippen molar-refractivity contribution in [2.45, 2.75) is 0 Å². The topological polar surface area (TPSA) is 66.6 Å². The van der Waals surface area contributed by atoms with Crippen molar-refractivity contribution >= 4 is 28.3 Å². The Kier molecular flexibility index (Phi) is 4.39. The molecule has 0 unspecified atom stereocenters. The van der Waals surface area contributed by atoms with Gasteiger partial charge in [-0.1, -0.05) is 35.6 Å². The molecular weight excluding hydrogens is 383 g/mol. The van der Waals surface area contributed by atoms with E-state index in [9.17, 15) is 9.18 Å². The Balaban J connectivity index is 1.68. The first-order valence-corrected chi connectivity index (χ1v) is 9.70. The molecule has 0 saturated carbocycles. The van der Waals surface area contributed by atoms with Crippen molar-refractivity contribution < 1.29 is 9.18 Å². The predicted molar refractivity (Wildman–Crippen MR) is 113 cm³/mol. The molecular formula is C22H19FN6O. The maximum atomic E-state index is 14.4. The van der Waals surface area contributed by atoms with Gasteiger partial charge < -0.3 is 9.80 Å². The molecule has 3 heterocycles. The molecule has 0 aliphatic carbocycles. The first-order valence-electron chi connectivity index (χ1n) is 9.70. The summed E-state index contributed by atoms with van der Waals surface area (Å²) in [6.45, 7) is 5.69. The number of halogens is 1. The quantitative estimate of drug-likeness (QED) is 0.491. The van der Waals surface area contributed by atoms with E-state index in [-0.39, 0.29) is 18.3 Å². The molecule has 1 saturated heterocycles. The van der Waals surface area contributed by atoms with Gasteiger partial charge in [-0.15, -0.1) is 11.7 Å². The number of hydrogen-bond donors (Lipinski definition) is 0. The lowest BCUT2D eigenvalue weighted by Gasteiger charge is -2.34. The molecule has 1 fully saturated rings. The van der Waals surface area contributed by atoms with Gasteiger partial charge in [0.15, 0.2) is 5.65 Å². The molecule has 2 aromatic heterocycles. The Hall–Kier alpha value is -3.81. The van der Waals surface area contributed by atoms with E-state index < -0.39 is 0 Å². The standard InChI is InChI=1S/C22H19FN6O/c1-2-11-27-12-13-28(14-19(27)30)21-16-8-4-6-10-18(16)29-22(24-21)20(25-26-29)15-7-3-5-9-17(15)23/h2-10H,1,11-14H2. The first kappa shape index (κ1) is 18.2. The summed E-state index contributed by atoms with van der Waals surface area (Å²) in [5, 5.41) is 9.32. The monoisotopic (exact) mass is 402 g/mol. The third-order valence-corrected chi connectivity index (χ3v) is 5.33. The molecule has 1 amide bonds. The van der Waals surface area contributed by atoms with E-state index in [1.165, 1.54) is 6.07 Å². The van der Waals surface area contributed by atoms with Crippen LogP contribution in [0.5, 0.6) is 0 Å². The second-order valence-corrected chi connectivity index (χ2v) is 7.16. The summed E-state index contributed by atoms with van der Waals surface area (Å²) < 4.78 is 16.1. The molecule has 2 aromatic carbocycles. The van der Waals surface area contributed by atoms with Crippen molar-refractivity contribution in [3.63, 3.8) is 0 Å². The molecule has 8 heteroatoms. The average molecular weight is 402 g/mol. The summed E-state index contributed by atoms with van der Waals surface area (Å²) in [6, 6.07) is 14.1. The Labute approximate surface area is 172 Å². The lowest BCUT2D eigenvalue weighted by atomic mass is 10.1. The molecule has 0 N–H and O–H groups in total. The molecule has 150 valence electrons. The molecule has 1 aliphatic rings. The van der Waals surface area contributed by atoms with Gasteiger partial charge in [0.1, 0.15) is 17.3 Å². The van der Waals surface area contributed by atoms with Crippen molar-refractivity contribution in [1.29, 1.82) is 0 Å². The zero-order chi connectivity index (χ0) is 20.7. The minimum Gasteiger partial charge on any atom is -0.345 e. The summed E-state index contributed by atoms with van der Waals surface area (Å²) in [5.74, 6) is 0.307. The second kappa shape index (κ2) is 7.22. The van der Waals surface area contributed by atoms with Gasteiger partial charge in [0, 0.05) is 30.6 Å². The van der Waals surface area contributed by atoms with Crippen LogP contribution in [0.25, 0.3) is 27.8 Å². The van der Waals surface area contributed by atoms with E-state index >= 15 is 0 Å². The number of amides is 1. The molecule has 30 heavy (non-hydrogen) atoms. The number of benzene rings is 2.